The molecule has 0 unspecified atom stereocenters. The van der Waals surface area contributed by atoms with Gasteiger partial charge in [0.05, 0.1) is 13.2 Å². The lowest BCUT2D eigenvalue weighted by molar-refractivity contribution is 0.0900. The fraction of sp³-hybridized carbons (Fsp3) is 0.462. The first kappa shape index (κ1) is 15.9. The number of nitrogens with zero attached hydrogens (tertiary/aromatic N) is 1. The Morgan fingerprint density at radius 2 is 2.11 bits per heavy atom. The maximum Gasteiger partial charge on any atom is 0.251 e. The van der Waals surface area contributed by atoms with Crippen LogP contribution in [0.15, 0.2) is 22.7 Å². The SMILES string of the molecule is CN(C)CCOCCNC(=O)c1cc(N)cc(Br)c1. The maximum absolute atomic E-state index is 11.8. The summed E-state index contributed by atoms with van der Waals surface area (Å²) in [5, 5.41) is 2.79. The van der Waals surface area contributed by atoms with Crippen LogP contribution in [0.5, 0.6) is 0 Å². The Balaban J connectivity index is 2.27. The summed E-state index contributed by atoms with van der Waals surface area (Å²) in [5.41, 5.74) is 6.78. The smallest absolute Gasteiger partial charge is 0.251 e. The molecular weight excluding hydrogens is 310 g/mol. The largest absolute Gasteiger partial charge is 0.399 e. The van der Waals surface area contributed by atoms with E-state index in [-0.39, 0.29) is 5.91 Å². The molecule has 0 fully saturated rings. The summed E-state index contributed by atoms with van der Waals surface area (Å²) >= 11 is 3.31. The van der Waals surface area contributed by atoms with E-state index in [0.29, 0.717) is 31.0 Å². The molecule has 106 valence electrons. The van der Waals surface area contributed by atoms with E-state index in [1.165, 1.54) is 0 Å². The van der Waals surface area contributed by atoms with Crippen molar-refractivity contribution in [3.63, 3.8) is 0 Å². The Morgan fingerprint density at radius 1 is 1.37 bits per heavy atom. The lowest BCUT2D eigenvalue weighted by Gasteiger charge is -2.10. The molecule has 0 heterocycles. The molecule has 0 aromatic heterocycles. The Hall–Kier alpha value is -1.11. The minimum absolute atomic E-state index is 0.149. The fourth-order valence-corrected chi connectivity index (χ4v) is 1.94. The Kier molecular flexibility index (Phi) is 6.83. The van der Waals surface area contributed by atoms with Gasteiger partial charge in [0.1, 0.15) is 0 Å². The van der Waals surface area contributed by atoms with E-state index < -0.39 is 0 Å². The van der Waals surface area contributed by atoms with E-state index in [0.717, 1.165) is 11.0 Å². The molecule has 0 radical (unpaired) electrons. The fourth-order valence-electron chi connectivity index (χ4n) is 1.43. The van der Waals surface area contributed by atoms with E-state index >= 15 is 0 Å². The van der Waals surface area contributed by atoms with Crippen LogP contribution < -0.4 is 11.1 Å². The Morgan fingerprint density at radius 3 is 2.74 bits per heavy atom. The summed E-state index contributed by atoms with van der Waals surface area (Å²) in [6, 6.07) is 5.13. The molecule has 6 heteroatoms. The minimum Gasteiger partial charge on any atom is -0.399 e. The number of hydrogen-bond acceptors (Lipinski definition) is 4. The van der Waals surface area contributed by atoms with E-state index in [4.69, 9.17) is 10.5 Å². The number of halogens is 1. The van der Waals surface area contributed by atoms with Crippen molar-refractivity contribution in [1.82, 2.24) is 10.2 Å². The summed E-state index contributed by atoms with van der Waals surface area (Å²) in [6.07, 6.45) is 0. The molecule has 0 spiro atoms. The second-order valence-corrected chi connectivity index (χ2v) is 5.36. The second kappa shape index (κ2) is 8.14. The van der Waals surface area contributed by atoms with Crippen LogP contribution in [0.2, 0.25) is 0 Å². The standard InChI is InChI=1S/C13H20BrN3O2/c1-17(2)4-6-19-5-3-16-13(18)10-7-11(14)9-12(15)8-10/h7-9H,3-6,15H2,1-2H3,(H,16,18). The number of rotatable bonds is 7. The summed E-state index contributed by atoms with van der Waals surface area (Å²) in [7, 11) is 3.98. The van der Waals surface area contributed by atoms with Crippen LogP contribution in [-0.2, 0) is 4.74 Å². The molecule has 1 aromatic carbocycles. The van der Waals surface area contributed by atoms with Crippen molar-refractivity contribution < 1.29 is 9.53 Å². The number of carbonyl (C=O) groups excluding carboxylic acids is 1. The molecule has 0 aliphatic carbocycles. The van der Waals surface area contributed by atoms with Gasteiger partial charge in [-0.1, -0.05) is 15.9 Å². The molecule has 0 aliphatic heterocycles. The number of nitrogen functional groups attached to an aromatic ring is 1. The molecule has 5 nitrogen and oxygen atoms in total. The molecule has 0 saturated carbocycles. The maximum atomic E-state index is 11.8. The molecule has 1 rings (SSSR count). The van der Waals surface area contributed by atoms with Crippen LogP contribution in [-0.4, -0.2) is 51.2 Å². The van der Waals surface area contributed by atoms with Crippen LogP contribution >= 0.6 is 15.9 Å². The second-order valence-electron chi connectivity index (χ2n) is 4.44. The van der Waals surface area contributed by atoms with E-state index in [9.17, 15) is 4.79 Å². The predicted octanol–water partition coefficient (Wildman–Crippen LogP) is 1.34. The van der Waals surface area contributed by atoms with Crippen molar-refractivity contribution in [3.8, 4) is 0 Å². The van der Waals surface area contributed by atoms with Gasteiger partial charge >= 0.3 is 0 Å². The first-order chi connectivity index (χ1) is 8.99. The zero-order valence-corrected chi connectivity index (χ0v) is 12.9. The average Bonchev–Trinajstić information content (AvgIpc) is 2.31. The average molecular weight is 330 g/mol. The number of carbonyl (C=O) groups is 1. The van der Waals surface area contributed by atoms with Crippen LogP contribution in [0.1, 0.15) is 10.4 Å². The number of likely N-dealkylation sites (N-methyl/N-ethyl adjacent to an activating group) is 1. The number of hydrogen-bond donors (Lipinski definition) is 2. The number of nitrogens with two attached hydrogens (primary N) is 1. The minimum atomic E-state index is -0.149. The lowest BCUT2D eigenvalue weighted by atomic mass is 10.2. The zero-order chi connectivity index (χ0) is 14.3. The van der Waals surface area contributed by atoms with Crippen molar-refractivity contribution in [2.75, 3.05) is 46.1 Å². The highest BCUT2D eigenvalue weighted by Gasteiger charge is 2.06. The van der Waals surface area contributed by atoms with Crippen LogP contribution in [0.4, 0.5) is 5.69 Å². The molecule has 19 heavy (non-hydrogen) atoms. The number of amides is 1. The van der Waals surface area contributed by atoms with Crippen LogP contribution in [0.3, 0.4) is 0 Å². The third kappa shape index (κ3) is 6.56. The van der Waals surface area contributed by atoms with E-state index in [1.54, 1.807) is 18.2 Å². The molecule has 0 bridgehead atoms. The molecule has 3 N–H and O–H groups in total. The van der Waals surface area contributed by atoms with E-state index in [1.807, 2.05) is 19.0 Å². The topological polar surface area (TPSA) is 67.6 Å². The number of nitrogens with one attached hydrogen (secondary N) is 1. The quantitative estimate of drug-likeness (QED) is 0.585. The zero-order valence-electron chi connectivity index (χ0n) is 11.3. The molecule has 0 atom stereocenters. The normalized spacial score (nSPS) is 10.7. The van der Waals surface area contributed by atoms with Gasteiger partial charge in [0.15, 0.2) is 0 Å². The van der Waals surface area contributed by atoms with Gasteiger partial charge in [0.2, 0.25) is 0 Å². The molecule has 0 saturated heterocycles. The van der Waals surface area contributed by atoms with Gasteiger partial charge in [0, 0.05) is 28.8 Å². The van der Waals surface area contributed by atoms with E-state index in [2.05, 4.69) is 21.2 Å². The van der Waals surface area contributed by atoms with Gasteiger partial charge in [-0.3, -0.25) is 4.79 Å². The van der Waals surface area contributed by atoms with Crippen LogP contribution in [0, 0.1) is 0 Å². The molecule has 1 amide bonds. The van der Waals surface area contributed by atoms with Crippen molar-refractivity contribution in [1.29, 1.82) is 0 Å². The van der Waals surface area contributed by atoms with Gasteiger partial charge in [-0.05, 0) is 32.3 Å². The Bertz CT molecular complexity index is 404. The third-order valence-electron chi connectivity index (χ3n) is 2.40. The van der Waals surface area contributed by atoms with Crippen molar-refractivity contribution in [3.05, 3.63) is 28.2 Å². The number of ether oxygens (including phenoxy) is 1. The van der Waals surface area contributed by atoms with Gasteiger partial charge in [0.25, 0.3) is 5.91 Å². The summed E-state index contributed by atoms with van der Waals surface area (Å²) in [6.45, 7) is 2.52. The van der Waals surface area contributed by atoms with Gasteiger partial charge in [-0.2, -0.15) is 0 Å². The predicted molar refractivity (Wildman–Crippen MR) is 80.3 cm³/mol. The summed E-state index contributed by atoms with van der Waals surface area (Å²) < 4.78 is 6.18. The number of benzene rings is 1. The molecular formula is C13H20BrN3O2. The third-order valence-corrected chi connectivity index (χ3v) is 2.85. The van der Waals surface area contributed by atoms with Crippen molar-refractivity contribution >= 4 is 27.5 Å². The van der Waals surface area contributed by atoms with Crippen molar-refractivity contribution in [2.24, 2.45) is 0 Å². The first-order valence-corrected chi connectivity index (χ1v) is 6.85. The van der Waals surface area contributed by atoms with Gasteiger partial charge in [-0.25, -0.2) is 0 Å². The Labute approximate surface area is 122 Å². The highest BCUT2D eigenvalue weighted by Crippen LogP contribution is 2.17. The number of anilines is 1. The first-order valence-electron chi connectivity index (χ1n) is 6.06. The van der Waals surface area contributed by atoms with Crippen molar-refractivity contribution in [2.45, 2.75) is 0 Å². The van der Waals surface area contributed by atoms with Gasteiger partial charge < -0.3 is 20.7 Å². The highest BCUT2D eigenvalue weighted by atomic mass is 79.9. The van der Waals surface area contributed by atoms with Gasteiger partial charge in [-0.15, -0.1) is 0 Å². The monoisotopic (exact) mass is 329 g/mol. The summed E-state index contributed by atoms with van der Waals surface area (Å²) in [4.78, 5) is 13.9. The molecule has 0 aliphatic rings. The summed E-state index contributed by atoms with van der Waals surface area (Å²) in [5.74, 6) is -0.149. The lowest BCUT2D eigenvalue weighted by Crippen LogP contribution is -2.28. The highest BCUT2D eigenvalue weighted by molar-refractivity contribution is 9.10. The molecule has 1 aromatic rings. The van der Waals surface area contributed by atoms with Crippen LogP contribution in [0.25, 0.3) is 0 Å².